The van der Waals surface area contributed by atoms with E-state index < -0.39 is 0 Å². The lowest BCUT2D eigenvalue weighted by Gasteiger charge is -2.29. The minimum Gasteiger partial charge on any atom is -0.0651 e. The summed E-state index contributed by atoms with van der Waals surface area (Å²) in [6.07, 6.45) is 5.47. The van der Waals surface area contributed by atoms with Crippen molar-refractivity contribution in [1.29, 1.82) is 0 Å². The Balaban J connectivity index is 4.07. The Hall–Kier alpha value is 0. The fourth-order valence-electron chi connectivity index (χ4n) is 2.78. The first-order chi connectivity index (χ1) is 6.80. The van der Waals surface area contributed by atoms with E-state index in [1.165, 1.54) is 25.7 Å². The first-order valence-corrected chi connectivity index (χ1v) is 6.80. The van der Waals surface area contributed by atoms with E-state index in [2.05, 4.69) is 48.5 Å². The molecule has 0 saturated carbocycles. The molecule has 0 aliphatic heterocycles. The van der Waals surface area contributed by atoms with Crippen molar-refractivity contribution in [1.82, 2.24) is 0 Å². The first-order valence-electron chi connectivity index (χ1n) is 6.80. The van der Waals surface area contributed by atoms with E-state index in [4.69, 9.17) is 0 Å². The van der Waals surface area contributed by atoms with Crippen molar-refractivity contribution < 1.29 is 0 Å². The molecule has 0 heterocycles. The average Bonchev–Trinajstić information content (AvgIpc) is 2.10. The highest BCUT2D eigenvalue weighted by atomic mass is 14.3. The zero-order valence-corrected chi connectivity index (χ0v) is 12.1. The maximum atomic E-state index is 2.43. The monoisotopic (exact) mass is 212 g/mol. The van der Waals surface area contributed by atoms with E-state index >= 15 is 0 Å². The van der Waals surface area contributed by atoms with Crippen molar-refractivity contribution in [2.75, 3.05) is 0 Å². The Morgan fingerprint density at radius 2 is 1.47 bits per heavy atom. The van der Waals surface area contributed by atoms with Crippen molar-refractivity contribution in [2.45, 2.75) is 74.1 Å². The van der Waals surface area contributed by atoms with Crippen molar-refractivity contribution >= 4 is 0 Å². The molecular weight excluding hydrogens is 180 g/mol. The molecule has 0 heteroatoms. The summed E-state index contributed by atoms with van der Waals surface area (Å²) < 4.78 is 0. The second-order valence-electron chi connectivity index (χ2n) is 6.66. The average molecular weight is 212 g/mol. The molecule has 0 bridgehead atoms. The summed E-state index contributed by atoms with van der Waals surface area (Å²) in [5.41, 5.74) is 0.493. The Bertz CT molecular complexity index is 152. The summed E-state index contributed by atoms with van der Waals surface area (Å²) in [7, 11) is 0. The van der Waals surface area contributed by atoms with Gasteiger partial charge in [0.2, 0.25) is 0 Å². The van der Waals surface area contributed by atoms with Gasteiger partial charge in [0.15, 0.2) is 0 Å². The fourth-order valence-corrected chi connectivity index (χ4v) is 2.78. The molecule has 3 atom stereocenters. The summed E-state index contributed by atoms with van der Waals surface area (Å²) in [5.74, 6) is 2.72. The topological polar surface area (TPSA) is 0 Å². The molecule has 0 aliphatic rings. The van der Waals surface area contributed by atoms with Crippen LogP contribution in [0.25, 0.3) is 0 Å². The van der Waals surface area contributed by atoms with Gasteiger partial charge < -0.3 is 0 Å². The summed E-state index contributed by atoms with van der Waals surface area (Å²) in [6, 6.07) is 0. The molecule has 0 N–H and O–H groups in total. The fraction of sp³-hybridized carbons (Fsp3) is 1.00. The van der Waals surface area contributed by atoms with Crippen molar-refractivity contribution in [2.24, 2.45) is 23.2 Å². The maximum absolute atomic E-state index is 2.43. The van der Waals surface area contributed by atoms with Crippen molar-refractivity contribution in [3.05, 3.63) is 0 Å². The lowest BCUT2D eigenvalue weighted by atomic mass is 9.77. The normalized spacial score (nSPS) is 18.6. The summed E-state index contributed by atoms with van der Waals surface area (Å²) in [5, 5.41) is 0. The van der Waals surface area contributed by atoms with E-state index in [0.29, 0.717) is 5.41 Å². The van der Waals surface area contributed by atoms with Crippen molar-refractivity contribution in [3.8, 4) is 0 Å². The molecule has 0 nitrogen and oxygen atoms in total. The van der Waals surface area contributed by atoms with E-state index in [9.17, 15) is 0 Å². The van der Waals surface area contributed by atoms with Gasteiger partial charge in [-0.1, -0.05) is 61.3 Å². The molecule has 0 fully saturated rings. The standard InChI is InChI=1S/C15H32/c1-8-13(4)14(9-2)10-12(3)11-15(5,6)7/h12-14H,8-11H2,1-7H3. The van der Waals surface area contributed by atoms with Gasteiger partial charge in [0, 0.05) is 0 Å². The molecule has 0 aromatic rings. The van der Waals surface area contributed by atoms with Gasteiger partial charge in [0.25, 0.3) is 0 Å². The van der Waals surface area contributed by atoms with Gasteiger partial charge in [-0.3, -0.25) is 0 Å². The van der Waals surface area contributed by atoms with Crippen LogP contribution < -0.4 is 0 Å². The molecule has 0 radical (unpaired) electrons. The molecule has 0 spiro atoms. The molecule has 0 aromatic heterocycles. The molecular formula is C15H32. The number of hydrogen-bond acceptors (Lipinski definition) is 0. The van der Waals surface area contributed by atoms with E-state index in [1.54, 1.807) is 0 Å². The van der Waals surface area contributed by atoms with Crippen LogP contribution in [0.3, 0.4) is 0 Å². The predicted octanol–water partition coefficient (Wildman–Crippen LogP) is 5.52. The zero-order valence-electron chi connectivity index (χ0n) is 12.1. The minimum atomic E-state index is 0.493. The molecule has 15 heavy (non-hydrogen) atoms. The van der Waals surface area contributed by atoms with Crippen LogP contribution in [-0.2, 0) is 0 Å². The van der Waals surface area contributed by atoms with Crippen LogP contribution in [0.15, 0.2) is 0 Å². The first kappa shape index (κ1) is 15.0. The molecule has 0 amide bonds. The molecule has 92 valence electrons. The van der Waals surface area contributed by atoms with Gasteiger partial charge in [-0.2, -0.15) is 0 Å². The Morgan fingerprint density at radius 1 is 0.933 bits per heavy atom. The van der Waals surface area contributed by atoms with Gasteiger partial charge in [-0.25, -0.2) is 0 Å². The third-order valence-electron chi connectivity index (χ3n) is 3.64. The Labute approximate surface area is 97.8 Å². The van der Waals surface area contributed by atoms with Crippen LogP contribution in [0.2, 0.25) is 0 Å². The smallest absolute Gasteiger partial charge is 0.0380 e. The predicted molar refractivity (Wildman–Crippen MR) is 71.1 cm³/mol. The van der Waals surface area contributed by atoms with Crippen molar-refractivity contribution in [3.63, 3.8) is 0 Å². The van der Waals surface area contributed by atoms with Crippen LogP contribution in [0, 0.1) is 23.2 Å². The van der Waals surface area contributed by atoms with E-state index in [1.807, 2.05) is 0 Å². The van der Waals surface area contributed by atoms with E-state index in [0.717, 1.165) is 17.8 Å². The summed E-state index contributed by atoms with van der Waals surface area (Å²) in [6.45, 7) is 16.6. The Morgan fingerprint density at radius 3 is 1.80 bits per heavy atom. The van der Waals surface area contributed by atoms with Gasteiger partial charge in [-0.05, 0) is 36.0 Å². The van der Waals surface area contributed by atoms with Gasteiger partial charge in [0.1, 0.15) is 0 Å². The SMILES string of the molecule is CCC(C)C(CC)CC(C)CC(C)(C)C. The van der Waals surface area contributed by atoms with E-state index in [-0.39, 0.29) is 0 Å². The second kappa shape index (κ2) is 6.55. The van der Waals surface area contributed by atoms with Crippen LogP contribution in [0.4, 0.5) is 0 Å². The Kier molecular flexibility index (Phi) is 6.55. The lowest BCUT2D eigenvalue weighted by molar-refractivity contribution is 0.225. The third-order valence-corrected chi connectivity index (χ3v) is 3.64. The molecule has 3 unspecified atom stereocenters. The largest absolute Gasteiger partial charge is 0.0651 e. The maximum Gasteiger partial charge on any atom is -0.0380 e. The summed E-state index contributed by atoms with van der Waals surface area (Å²) in [4.78, 5) is 0. The van der Waals surface area contributed by atoms with Crippen LogP contribution in [0.5, 0.6) is 0 Å². The molecule has 0 rings (SSSR count). The lowest BCUT2D eigenvalue weighted by Crippen LogP contribution is -2.17. The van der Waals surface area contributed by atoms with Crippen LogP contribution in [0.1, 0.15) is 74.1 Å². The van der Waals surface area contributed by atoms with Crippen LogP contribution >= 0.6 is 0 Å². The minimum absolute atomic E-state index is 0.493. The van der Waals surface area contributed by atoms with Gasteiger partial charge in [0.05, 0.1) is 0 Å². The molecule has 0 aromatic carbocycles. The van der Waals surface area contributed by atoms with Crippen LogP contribution in [-0.4, -0.2) is 0 Å². The third kappa shape index (κ3) is 6.98. The van der Waals surface area contributed by atoms with Gasteiger partial charge in [-0.15, -0.1) is 0 Å². The highest BCUT2D eigenvalue weighted by Gasteiger charge is 2.20. The number of hydrogen-bond donors (Lipinski definition) is 0. The zero-order chi connectivity index (χ0) is 12.1. The highest BCUT2D eigenvalue weighted by Crippen LogP contribution is 2.32. The number of rotatable bonds is 6. The molecule has 0 saturated heterocycles. The molecule has 0 aliphatic carbocycles. The van der Waals surface area contributed by atoms with Gasteiger partial charge >= 0.3 is 0 Å². The highest BCUT2D eigenvalue weighted by molar-refractivity contribution is 4.72. The second-order valence-corrected chi connectivity index (χ2v) is 6.66. The summed E-state index contributed by atoms with van der Waals surface area (Å²) >= 11 is 0. The quantitative estimate of drug-likeness (QED) is 0.543.